The summed E-state index contributed by atoms with van der Waals surface area (Å²) in [6.45, 7) is 0. The molecular weight excluding hydrogens is 140 g/mol. The molecule has 0 fully saturated rings. The number of hydrogen-bond acceptors (Lipinski definition) is 2. The molecule has 1 heterocycles. The Morgan fingerprint density at radius 3 is 2.91 bits per heavy atom. The minimum atomic E-state index is -0.287. The van der Waals surface area contributed by atoms with E-state index >= 15 is 0 Å². The van der Waals surface area contributed by atoms with Crippen LogP contribution in [0.5, 0.6) is 0 Å². The van der Waals surface area contributed by atoms with Crippen LogP contribution in [-0.2, 0) is 0 Å². The summed E-state index contributed by atoms with van der Waals surface area (Å²) in [5.41, 5.74) is 0. The van der Waals surface area contributed by atoms with Gasteiger partial charge in [0, 0.05) is 5.92 Å². The van der Waals surface area contributed by atoms with Crippen molar-refractivity contribution in [1.29, 1.82) is 0 Å². The third-order valence-corrected chi connectivity index (χ3v) is 1.97. The van der Waals surface area contributed by atoms with Gasteiger partial charge in [0.15, 0.2) is 0 Å². The van der Waals surface area contributed by atoms with Gasteiger partial charge in [-0.1, -0.05) is 12.2 Å². The number of hydrogen-bond donors (Lipinski definition) is 1. The standard InChI is InChI=1S/C9H10O2/c10-8-4-3-7(6-8)9-2-1-5-11-9/h1-5,7-8,10H,6H2/t7-,8-/m0/s1. The van der Waals surface area contributed by atoms with E-state index in [-0.39, 0.29) is 12.0 Å². The Hall–Kier alpha value is -1.02. The van der Waals surface area contributed by atoms with E-state index in [9.17, 15) is 0 Å². The normalized spacial score (nSPS) is 29.5. The third kappa shape index (κ3) is 1.21. The average molecular weight is 150 g/mol. The van der Waals surface area contributed by atoms with E-state index < -0.39 is 0 Å². The molecule has 0 radical (unpaired) electrons. The van der Waals surface area contributed by atoms with Gasteiger partial charge in [-0.25, -0.2) is 0 Å². The van der Waals surface area contributed by atoms with E-state index in [1.54, 1.807) is 6.26 Å². The molecule has 0 saturated carbocycles. The molecule has 2 heteroatoms. The Balaban J connectivity index is 2.15. The molecule has 2 rings (SSSR count). The molecular formula is C9H10O2. The van der Waals surface area contributed by atoms with Crippen molar-refractivity contribution in [3.05, 3.63) is 36.3 Å². The Bertz CT molecular complexity index is 249. The second kappa shape index (κ2) is 2.55. The maximum absolute atomic E-state index is 9.17. The summed E-state index contributed by atoms with van der Waals surface area (Å²) < 4.78 is 5.20. The van der Waals surface area contributed by atoms with E-state index in [1.165, 1.54) is 0 Å². The van der Waals surface area contributed by atoms with Crippen LogP contribution in [0.1, 0.15) is 18.1 Å². The fourth-order valence-electron chi connectivity index (χ4n) is 1.39. The van der Waals surface area contributed by atoms with Crippen LogP contribution in [-0.4, -0.2) is 11.2 Å². The number of rotatable bonds is 1. The van der Waals surface area contributed by atoms with E-state index in [4.69, 9.17) is 9.52 Å². The van der Waals surface area contributed by atoms with Crippen LogP contribution in [0.3, 0.4) is 0 Å². The molecule has 0 bridgehead atoms. The van der Waals surface area contributed by atoms with Gasteiger partial charge in [0.2, 0.25) is 0 Å². The SMILES string of the molecule is O[C@H]1C=C[C@H](c2ccco2)C1. The van der Waals surface area contributed by atoms with Crippen LogP contribution >= 0.6 is 0 Å². The van der Waals surface area contributed by atoms with E-state index in [2.05, 4.69) is 0 Å². The maximum Gasteiger partial charge on any atom is 0.110 e. The lowest BCUT2D eigenvalue weighted by Crippen LogP contribution is -1.99. The van der Waals surface area contributed by atoms with Crippen LogP contribution in [0.25, 0.3) is 0 Å². The van der Waals surface area contributed by atoms with Gasteiger partial charge in [0.05, 0.1) is 12.4 Å². The highest BCUT2D eigenvalue weighted by molar-refractivity contribution is 5.18. The van der Waals surface area contributed by atoms with Gasteiger partial charge in [0.25, 0.3) is 0 Å². The summed E-state index contributed by atoms with van der Waals surface area (Å²) in [7, 11) is 0. The number of allylic oxidation sites excluding steroid dienone is 1. The summed E-state index contributed by atoms with van der Waals surface area (Å²) in [6.07, 6.45) is 5.93. The molecule has 2 nitrogen and oxygen atoms in total. The Labute approximate surface area is 65.1 Å². The minimum absolute atomic E-state index is 0.278. The topological polar surface area (TPSA) is 33.4 Å². The molecule has 0 saturated heterocycles. The number of aliphatic hydroxyl groups excluding tert-OH is 1. The zero-order chi connectivity index (χ0) is 7.68. The lowest BCUT2D eigenvalue weighted by atomic mass is 10.1. The average Bonchev–Trinajstić information content (AvgIpc) is 2.55. The first kappa shape index (κ1) is 6.68. The summed E-state index contributed by atoms with van der Waals surface area (Å²) in [6, 6.07) is 3.81. The Morgan fingerprint density at radius 1 is 1.45 bits per heavy atom. The van der Waals surface area contributed by atoms with Crippen LogP contribution in [0.2, 0.25) is 0 Å². The zero-order valence-corrected chi connectivity index (χ0v) is 6.10. The molecule has 0 unspecified atom stereocenters. The van der Waals surface area contributed by atoms with Crippen molar-refractivity contribution in [1.82, 2.24) is 0 Å². The fraction of sp³-hybridized carbons (Fsp3) is 0.333. The van der Waals surface area contributed by atoms with Gasteiger partial charge in [-0.2, -0.15) is 0 Å². The van der Waals surface area contributed by atoms with Gasteiger partial charge < -0.3 is 9.52 Å². The number of furan rings is 1. The summed E-state index contributed by atoms with van der Waals surface area (Å²) >= 11 is 0. The summed E-state index contributed by atoms with van der Waals surface area (Å²) in [5, 5.41) is 9.17. The molecule has 58 valence electrons. The predicted octanol–water partition coefficient (Wildman–Crippen LogP) is 1.68. The second-order valence-electron chi connectivity index (χ2n) is 2.81. The molecule has 2 atom stereocenters. The molecule has 11 heavy (non-hydrogen) atoms. The monoisotopic (exact) mass is 150 g/mol. The molecule has 0 spiro atoms. The van der Waals surface area contributed by atoms with Gasteiger partial charge in [-0.15, -0.1) is 0 Å². The van der Waals surface area contributed by atoms with E-state index in [0.29, 0.717) is 0 Å². The van der Waals surface area contributed by atoms with Crippen LogP contribution in [0, 0.1) is 0 Å². The van der Waals surface area contributed by atoms with E-state index in [1.807, 2.05) is 24.3 Å². The summed E-state index contributed by atoms with van der Waals surface area (Å²) in [4.78, 5) is 0. The molecule has 1 aliphatic carbocycles. The second-order valence-corrected chi connectivity index (χ2v) is 2.81. The van der Waals surface area contributed by atoms with Crippen molar-refractivity contribution >= 4 is 0 Å². The maximum atomic E-state index is 9.17. The first-order valence-corrected chi connectivity index (χ1v) is 3.76. The quantitative estimate of drug-likeness (QED) is 0.618. The van der Waals surface area contributed by atoms with Crippen LogP contribution in [0.15, 0.2) is 35.0 Å². The largest absolute Gasteiger partial charge is 0.469 e. The smallest absolute Gasteiger partial charge is 0.110 e. The highest BCUT2D eigenvalue weighted by Crippen LogP contribution is 2.28. The lowest BCUT2D eigenvalue weighted by Gasteiger charge is -2.03. The predicted molar refractivity (Wildman–Crippen MR) is 41.2 cm³/mol. The van der Waals surface area contributed by atoms with Crippen molar-refractivity contribution in [2.75, 3.05) is 0 Å². The Morgan fingerprint density at radius 2 is 2.36 bits per heavy atom. The molecule has 0 aromatic carbocycles. The lowest BCUT2D eigenvalue weighted by molar-refractivity contribution is 0.215. The highest BCUT2D eigenvalue weighted by Gasteiger charge is 2.19. The summed E-state index contributed by atoms with van der Waals surface area (Å²) in [5.74, 6) is 1.22. The molecule has 0 amide bonds. The first-order valence-electron chi connectivity index (χ1n) is 3.76. The van der Waals surface area contributed by atoms with Gasteiger partial charge in [0.1, 0.15) is 5.76 Å². The molecule has 1 aromatic rings. The molecule has 1 aliphatic rings. The van der Waals surface area contributed by atoms with Crippen molar-refractivity contribution in [3.63, 3.8) is 0 Å². The van der Waals surface area contributed by atoms with Crippen LogP contribution < -0.4 is 0 Å². The molecule has 1 N–H and O–H groups in total. The van der Waals surface area contributed by atoms with Crippen molar-refractivity contribution in [2.24, 2.45) is 0 Å². The van der Waals surface area contributed by atoms with Gasteiger partial charge >= 0.3 is 0 Å². The molecule has 1 aromatic heterocycles. The van der Waals surface area contributed by atoms with Crippen molar-refractivity contribution in [2.45, 2.75) is 18.4 Å². The first-order chi connectivity index (χ1) is 5.36. The van der Waals surface area contributed by atoms with Gasteiger partial charge in [-0.05, 0) is 18.6 Å². The van der Waals surface area contributed by atoms with Gasteiger partial charge in [-0.3, -0.25) is 0 Å². The highest BCUT2D eigenvalue weighted by atomic mass is 16.3. The molecule has 0 aliphatic heterocycles. The fourth-order valence-corrected chi connectivity index (χ4v) is 1.39. The number of aliphatic hydroxyl groups is 1. The Kier molecular flexibility index (Phi) is 1.55. The van der Waals surface area contributed by atoms with Crippen molar-refractivity contribution < 1.29 is 9.52 Å². The third-order valence-electron chi connectivity index (χ3n) is 1.97. The zero-order valence-electron chi connectivity index (χ0n) is 6.10. The minimum Gasteiger partial charge on any atom is -0.469 e. The van der Waals surface area contributed by atoms with E-state index in [0.717, 1.165) is 12.2 Å². The van der Waals surface area contributed by atoms with Crippen molar-refractivity contribution in [3.8, 4) is 0 Å². The van der Waals surface area contributed by atoms with Crippen LogP contribution in [0.4, 0.5) is 0 Å².